The molecule has 11 atom stereocenters. The van der Waals surface area contributed by atoms with Crippen LogP contribution in [-0.4, -0.2) is 74.4 Å². The molecule has 1 spiro atoms. The molecule has 0 amide bonds. The van der Waals surface area contributed by atoms with Gasteiger partial charge in [-0.15, -0.1) is 0 Å². The zero-order valence-corrected chi connectivity index (χ0v) is 28.0. The lowest BCUT2D eigenvalue weighted by molar-refractivity contribution is -0.344. The van der Waals surface area contributed by atoms with Crippen molar-refractivity contribution in [1.29, 1.82) is 0 Å². The number of rotatable bonds is 7. The smallest absolute Gasteiger partial charge is 0.314 e. The molecule has 44 heavy (non-hydrogen) atoms. The van der Waals surface area contributed by atoms with Gasteiger partial charge in [-0.1, -0.05) is 44.2 Å². The van der Waals surface area contributed by atoms with Crippen LogP contribution in [0.25, 0.3) is 0 Å². The molecule has 0 aromatic heterocycles. The number of ether oxygens (including phenoxy) is 3. The van der Waals surface area contributed by atoms with E-state index in [-0.39, 0.29) is 58.8 Å². The number of hydrogen-bond donors (Lipinski definition) is 2. The third-order valence-electron chi connectivity index (χ3n) is 12.5. The maximum atomic E-state index is 12.4. The summed E-state index contributed by atoms with van der Waals surface area (Å²) in [4.78, 5) is 48.7. The van der Waals surface area contributed by atoms with Gasteiger partial charge < -0.3 is 24.4 Å². The van der Waals surface area contributed by atoms with Crippen molar-refractivity contribution >= 4 is 34.6 Å². The van der Waals surface area contributed by atoms with Gasteiger partial charge in [-0.3, -0.25) is 19.2 Å². The van der Waals surface area contributed by atoms with E-state index >= 15 is 0 Å². The lowest BCUT2D eigenvalue weighted by Gasteiger charge is -2.66. The van der Waals surface area contributed by atoms with Crippen LogP contribution in [0.1, 0.15) is 87.0 Å². The summed E-state index contributed by atoms with van der Waals surface area (Å²) >= 11 is 0.955. The SMILES string of the molecule is CSC(=O)CC(=O)OC(C)(C)[C@](C)(O)C[C@@H]1O[C@]2([C@@H]1C)[C@@H](O)C[C@H]1[C@@H]3[C@H](OC(C)=O)CC4=CC(=O)C=C[C@]4(C)[C@H]3CC[C@@]12C. The molecule has 0 bridgehead atoms. The average molecular weight is 633 g/mol. The highest BCUT2D eigenvalue weighted by molar-refractivity contribution is 8.13. The van der Waals surface area contributed by atoms with Gasteiger partial charge in [0.2, 0.25) is 0 Å². The van der Waals surface area contributed by atoms with E-state index in [0.717, 1.165) is 30.2 Å². The molecule has 2 N–H and O–H groups in total. The minimum absolute atomic E-state index is 0.0141. The van der Waals surface area contributed by atoms with Crippen molar-refractivity contribution in [3.05, 3.63) is 23.8 Å². The molecule has 4 aliphatic carbocycles. The summed E-state index contributed by atoms with van der Waals surface area (Å²) in [7, 11) is 0. The van der Waals surface area contributed by atoms with Gasteiger partial charge in [0.15, 0.2) is 10.9 Å². The van der Waals surface area contributed by atoms with E-state index in [1.165, 1.54) is 6.92 Å². The van der Waals surface area contributed by atoms with E-state index in [4.69, 9.17) is 14.2 Å². The molecule has 4 fully saturated rings. The lowest BCUT2D eigenvalue weighted by Crippen LogP contribution is -2.72. The first-order valence-corrected chi connectivity index (χ1v) is 17.0. The first kappa shape index (κ1) is 33.4. The quantitative estimate of drug-likeness (QED) is 0.308. The van der Waals surface area contributed by atoms with Crippen LogP contribution in [0.15, 0.2) is 23.8 Å². The van der Waals surface area contributed by atoms with Crippen LogP contribution < -0.4 is 0 Å². The predicted octanol–water partition coefficient (Wildman–Crippen LogP) is 4.32. The maximum Gasteiger partial charge on any atom is 0.314 e. The van der Waals surface area contributed by atoms with Crippen molar-refractivity contribution < 1.29 is 43.6 Å². The van der Waals surface area contributed by atoms with Gasteiger partial charge in [0.05, 0.1) is 12.2 Å². The third kappa shape index (κ3) is 4.94. The number of carbonyl (C=O) groups excluding carboxylic acids is 4. The number of fused-ring (bicyclic) bond motifs is 6. The van der Waals surface area contributed by atoms with Crippen LogP contribution in [0.4, 0.5) is 0 Å². The number of aliphatic hydroxyl groups excluding tert-OH is 1. The molecule has 1 heterocycles. The van der Waals surface area contributed by atoms with E-state index in [0.29, 0.717) is 12.8 Å². The molecule has 0 aromatic carbocycles. The molecular formula is C34H48O9S. The summed E-state index contributed by atoms with van der Waals surface area (Å²) in [6.45, 7) is 12.7. The third-order valence-corrected chi connectivity index (χ3v) is 13.1. The summed E-state index contributed by atoms with van der Waals surface area (Å²) in [6.07, 6.45) is 7.87. The Bertz CT molecular complexity index is 1300. The van der Waals surface area contributed by atoms with Gasteiger partial charge >= 0.3 is 11.9 Å². The van der Waals surface area contributed by atoms with Crippen molar-refractivity contribution in [3.8, 4) is 0 Å². The van der Waals surface area contributed by atoms with Crippen LogP contribution in [0, 0.1) is 34.5 Å². The van der Waals surface area contributed by atoms with E-state index in [2.05, 4.69) is 20.8 Å². The standard InChI is InChI=1S/C34H48O9S/c1-18-25(17-33(7,40)30(3,4)43-27(38)16-28(39)44-8)42-34(18)26(37)15-23-29-22(10-12-32(23,34)6)31(5)11-9-21(36)13-20(31)14-24(29)41-19(2)35/h9,11,13,18,22-26,29,37,40H,10,12,14-17H2,1-8H3/t18-,22+,23+,24-,25+,26+,29-,31+,32+,33-,34-/m1/s1. The fourth-order valence-electron chi connectivity index (χ4n) is 9.70. The maximum absolute atomic E-state index is 12.4. The Morgan fingerprint density at radius 1 is 1.18 bits per heavy atom. The van der Waals surface area contributed by atoms with Gasteiger partial charge in [0, 0.05) is 42.4 Å². The Balaban J connectivity index is 1.38. The number of hydrogen-bond acceptors (Lipinski definition) is 10. The van der Waals surface area contributed by atoms with Crippen LogP contribution in [-0.2, 0) is 33.4 Å². The summed E-state index contributed by atoms with van der Waals surface area (Å²) < 4.78 is 18.3. The Morgan fingerprint density at radius 2 is 1.86 bits per heavy atom. The number of aliphatic hydroxyl groups is 2. The normalized spacial score (nSPS) is 42.3. The van der Waals surface area contributed by atoms with Crippen molar-refractivity contribution in [3.63, 3.8) is 0 Å². The second-order valence-corrected chi connectivity index (χ2v) is 15.9. The van der Waals surface area contributed by atoms with Crippen LogP contribution >= 0.6 is 11.8 Å². The van der Waals surface area contributed by atoms with Crippen LogP contribution in [0.3, 0.4) is 0 Å². The van der Waals surface area contributed by atoms with E-state index in [1.54, 1.807) is 39.2 Å². The molecule has 0 radical (unpaired) electrons. The number of ketones is 1. The van der Waals surface area contributed by atoms with E-state index in [1.807, 2.05) is 6.08 Å². The number of thioether (sulfide) groups is 1. The summed E-state index contributed by atoms with van der Waals surface area (Å²) in [5.41, 5.74) is -3.34. The number of carbonyl (C=O) groups is 4. The second kappa shape index (κ2) is 11.1. The number of esters is 2. The Hall–Kier alpha value is -2.01. The molecule has 0 aromatic rings. The van der Waals surface area contributed by atoms with E-state index < -0.39 is 46.5 Å². The first-order valence-electron chi connectivity index (χ1n) is 15.8. The number of allylic oxidation sites excluding steroid dienone is 3. The van der Waals surface area contributed by atoms with Crippen molar-refractivity contribution in [2.75, 3.05) is 6.26 Å². The first-order chi connectivity index (χ1) is 20.3. The minimum Gasteiger partial charge on any atom is -0.462 e. The lowest BCUT2D eigenvalue weighted by atomic mass is 9.45. The Morgan fingerprint density at radius 3 is 2.48 bits per heavy atom. The molecule has 10 heteroatoms. The molecule has 244 valence electrons. The Kier molecular flexibility index (Phi) is 8.38. The van der Waals surface area contributed by atoms with Crippen LogP contribution in [0.2, 0.25) is 0 Å². The zero-order valence-electron chi connectivity index (χ0n) is 27.2. The largest absolute Gasteiger partial charge is 0.462 e. The fraction of sp³-hybridized carbons (Fsp3) is 0.765. The van der Waals surface area contributed by atoms with Gasteiger partial charge in [-0.2, -0.15) is 0 Å². The summed E-state index contributed by atoms with van der Waals surface area (Å²) in [6, 6.07) is 0. The topological polar surface area (TPSA) is 136 Å². The molecule has 9 nitrogen and oxygen atoms in total. The molecule has 0 unspecified atom stereocenters. The van der Waals surface area contributed by atoms with E-state index in [9.17, 15) is 29.4 Å². The molecule has 5 aliphatic rings. The molecule has 1 aliphatic heterocycles. The molecule has 1 saturated heterocycles. The minimum atomic E-state index is -1.47. The highest BCUT2D eigenvalue weighted by Gasteiger charge is 2.76. The van der Waals surface area contributed by atoms with Gasteiger partial charge in [0.25, 0.3) is 0 Å². The summed E-state index contributed by atoms with van der Waals surface area (Å²) in [5.74, 6) is -1.07. The van der Waals surface area contributed by atoms with Crippen molar-refractivity contribution in [1.82, 2.24) is 0 Å². The highest BCUT2D eigenvalue weighted by Crippen LogP contribution is 2.72. The zero-order chi connectivity index (χ0) is 32.6. The highest BCUT2D eigenvalue weighted by atomic mass is 32.2. The van der Waals surface area contributed by atoms with Crippen molar-refractivity contribution in [2.24, 2.45) is 34.5 Å². The average Bonchev–Trinajstić information content (AvgIpc) is 3.16. The monoisotopic (exact) mass is 632 g/mol. The predicted molar refractivity (Wildman–Crippen MR) is 164 cm³/mol. The van der Waals surface area contributed by atoms with Crippen molar-refractivity contribution in [2.45, 2.75) is 122 Å². The fourth-order valence-corrected chi connectivity index (χ4v) is 9.96. The molecule has 3 saturated carbocycles. The Labute approximate surface area is 264 Å². The van der Waals surface area contributed by atoms with Gasteiger partial charge in [0.1, 0.15) is 29.3 Å². The van der Waals surface area contributed by atoms with Gasteiger partial charge in [-0.05, 0) is 70.3 Å². The second-order valence-electron chi connectivity index (χ2n) is 15.0. The summed E-state index contributed by atoms with van der Waals surface area (Å²) in [5, 5.41) is 23.0. The van der Waals surface area contributed by atoms with Crippen LogP contribution in [0.5, 0.6) is 0 Å². The molecular weight excluding hydrogens is 584 g/mol. The molecule has 5 rings (SSSR count). The van der Waals surface area contributed by atoms with Gasteiger partial charge in [-0.25, -0.2) is 0 Å².